The third kappa shape index (κ3) is 1.75. The summed E-state index contributed by atoms with van der Waals surface area (Å²) < 4.78 is 0. The van der Waals surface area contributed by atoms with Crippen molar-refractivity contribution < 1.29 is 4.79 Å². The van der Waals surface area contributed by atoms with Crippen molar-refractivity contribution in [1.82, 2.24) is 0 Å². The van der Waals surface area contributed by atoms with Gasteiger partial charge in [0.05, 0.1) is 6.54 Å². The summed E-state index contributed by atoms with van der Waals surface area (Å²) >= 11 is 0. The molecule has 0 spiro atoms. The fraction of sp³-hybridized carbons (Fsp3) is 0.909. The molecule has 2 N–H and O–H groups in total. The molecule has 2 bridgehead atoms. The molecule has 0 aliphatic heterocycles. The van der Waals surface area contributed by atoms with Crippen LogP contribution in [-0.4, -0.2) is 19.2 Å². The average Bonchev–Trinajstić information content (AvgIpc) is 2.76. The second-order valence-electron chi connectivity index (χ2n) is 4.74. The summed E-state index contributed by atoms with van der Waals surface area (Å²) in [5.74, 6) is 3.33. The maximum absolute atomic E-state index is 9.93. The van der Waals surface area contributed by atoms with Crippen molar-refractivity contribution in [2.75, 3.05) is 13.1 Å². The minimum absolute atomic E-state index is 0.671. The summed E-state index contributed by atoms with van der Waals surface area (Å²) in [5.41, 5.74) is 5.72. The normalized spacial score (nSPS) is 39.8. The van der Waals surface area contributed by atoms with Gasteiger partial charge in [0, 0.05) is 0 Å². The van der Waals surface area contributed by atoms with Crippen LogP contribution in [0, 0.1) is 23.7 Å². The molecular weight excluding hydrogens is 176 g/mol. The van der Waals surface area contributed by atoms with Crippen LogP contribution in [0.1, 0.15) is 25.7 Å². The fourth-order valence-corrected chi connectivity index (χ4v) is 3.43. The molecule has 0 amide bonds. The highest BCUT2D eigenvalue weighted by atomic mass is 16.1. The molecule has 14 heavy (non-hydrogen) atoms. The Bertz CT molecular complexity index is 248. The summed E-state index contributed by atoms with van der Waals surface area (Å²) in [6.45, 7) is 1.53. The van der Waals surface area contributed by atoms with Gasteiger partial charge in [0.15, 0.2) is 0 Å². The van der Waals surface area contributed by atoms with Crippen molar-refractivity contribution in [2.24, 2.45) is 34.4 Å². The van der Waals surface area contributed by atoms with Crippen LogP contribution in [0.2, 0.25) is 0 Å². The number of carbonyl (C=O) groups excluding carboxylic acids is 1. The molecule has 0 aromatic rings. The van der Waals surface area contributed by atoms with E-state index in [4.69, 9.17) is 5.73 Å². The van der Waals surface area contributed by atoms with Crippen molar-refractivity contribution in [2.45, 2.75) is 25.7 Å². The second-order valence-corrected chi connectivity index (χ2v) is 4.74. The predicted molar refractivity (Wildman–Crippen MR) is 54.5 cm³/mol. The predicted octanol–water partition coefficient (Wildman–Crippen LogP) is 1.33. The first-order valence-electron chi connectivity index (χ1n) is 5.58. The van der Waals surface area contributed by atoms with Crippen molar-refractivity contribution in [3.05, 3.63) is 0 Å². The number of rotatable bonds is 4. The Kier molecular flexibility index (Phi) is 2.99. The molecule has 2 rings (SSSR count). The van der Waals surface area contributed by atoms with Gasteiger partial charge in [-0.2, -0.15) is 0 Å². The van der Waals surface area contributed by atoms with Gasteiger partial charge in [-0.1, -0.05) is 0 Å². The van der Waals surface area contributed by atoms with Gasteiger partial charge in [-0.15, -0.1) is 0 Å². The van der Waals surface area contributed by atoms with Crippen LogP contribution in [0.25, 0.3) is 0 Å². The largest absolute Gasteiger partial charge is 0.330 e. The molecule has 2 aliphatic carbocycles. The Morgan fingerprint density at radius 1 is 1.21 bits per heavy atom. The highest BCUT2D eigenvalue weighted by Gasteiger charge is 2.44. The summed E-state index contributed by atoms with van der Waals surface area (Å²) in [6, 6.07) is 0. The lowest BCUT2D eigenvalue weighted by molar-refractivity contribution is 0.253. The summed E-state index contributed by atoms with van der Waals surface area (Å²) in [7, 11) is 0. The van der Waals surface area contributed by atoms with E-state index >= 15 is 0 Å². The number of hydrogen-bond donors (Lipinski definition) is 1. The third-order valence-corrected chi connectivity index (χ3v) is 4.13. The van der Waals surface area contributed by atoms with Crippen LogP contribution >= 0.6 is 0 Å². The summed E-state index contributed by atoms with van der Waals surface area (Å²) in [6.07, 6.45) is 6.70. The monoisotopic (exact) mass is 194 g/mol. The van der Waals surface area contributed by atoms with Gasteiger partial charge in [0.1, 0.15) is 0 Å². The van der Waals surface area contributed by atoms with E-state index in [-0.39, 0.29) is 0 Å². The topological polar surface area (TPSA) is 55.4 Å². The maximum atomic E-state index is 9.93. The van der Waals surface area contributed by atoms with E-state index in [0.29, 0.717) is 6.54 Å². The van der Waals surface area contributed by atoms with E-state index in [1.54, 1.807) is 6.08 Å². The molecule has 2 saturated carbocycles. The number of isocyanates is 1. The quantitative estimate of drug-likeness (QED) is 0.542. The first-order chi connectivity index (χ1) is 6.85. The molecule has 0 aromatic carbocycles. The van der Waals surface area contributed by atoms with E-state index in [0.717, 1.165) is 36.6 Å². The molecule has 4 atom stereocenters. The molecular formula is C11H18N2O. The van der Waals surface area contributed by atoms with Gasteiger partial charge < -0.3 is 5.73 Å². The zero-order valence-corrected chi connectivity index (χ0v) is 8.48. The highest BCUT2D eigenvalue weighted by molar-refractivity contribution is 5.32. The molecule has 2 fully saturated rings. The van der Waals surface area contributed by atoms with Gasteiger partial charge in [0.25, 0.3) is 0 Å². The SMILES string of the molecule is NCC1CC2CC1CC2CCN=C=O. The molecule has 78 valence electrons. The lowest BCUT2D eigenvalue weighted by Crippen LogP contribution is -2.24. The first kappa shape index (κ1) is 9.88. The molecule has 0 heterocycles. The van der Waals surface area contributed by atoms with Gasteiger partial charge in [-0.3, -0.25) is 0 Å². The zero-order valence-electron chi connectivity index (χ0n) is 8.48. The first-order valence-corrected chi connectivity index (χ1v) is 5.58. The van der Waals surface area contributed by atoms with Gasteiger partial charge in [-0.25, -0.2) is 9.79 Å². The van der Waals surface area contributed by atoms with Crippen molar-refractivity contribution in [1.29, 1.82) is 0 Å². The number of aliphatic imine (C=N–C) groups is 1. The van der Waals surface area contributed by atoms with E-state index in [9.17, 15) is 4.79 Å². The molecule has 4 unspecified atom stereocenters. The van der Waals surface area contributed by atoms with Gasteiger partial charge in [-0.05, 0) is 55.9 Å². The number of fused-ring (bicyclic) bond motifs is 2. The van der Waals surface area contributed by atoms with Crippen LogP contribution in [0.5, 0.6) is 0 Å². The van der Waals surface area contributed by atoms with Gasteiger partial charge >= 0.3 is 0 Å². The van der Waals surface area contributed by atoms with Gasteiger partial charge in [0.2, 0.25) is 6.08 Å². The Hall–Kier alpha value is -0.660. The van der Waals surface area contributed by atoms with Crippen LogP contribution in [-0.2, 0) is 4.79 Å². The van der Waals surface area contributed by atoms with E-state index in [1.165, 1.54) is 19.3 Å². The lowest BCUT2D eigenvalue weighted by Gasteiger charge is -2.26. The van der Waals surface area contributed by atoms with E-state index in [1.807, 2.05) is 0 Å². The Labute approximate surface area is 84.8 Å². The molecule has 0 saturated heterocycles. The Balaban J connectivity index is 1.81. The third-order valence-electron chi connectivity index (χ3n) is 4.13. The lowest BCUT2D eigenvalue weighted by atomic mass is 9.80. The number of nitrogens with zero attached hydrogens (tertiary/aromatic N) is 1. The standard InChI is InChI=1S/C11H18N2O/c12-6-11-5-9-4-10(11)3-8(9)1-2-13-7-14/h8-11H,1-6,12H2. The van der Waals surface area contributed by atoms with E-state index < -0.39 is 0 Å². The Morgan fingerprint density at radius 3 is 2.50 bits per heavy atom. The highest BCUT2D eigenvalue weighted by Crippen LogP contribution is 2.52. The summed E-state index contributed by atoms with van der Waals surface area (Å²) in [4.78, 5) is 13.6. The minimum Gasteiger partial charge on any atom is -0.330 e. The van der Waals surface area contributed by atoms with Crippen molar-refractivity contribution in [3.63, 3.8) is 0 Å². The molecule has 2 aliphatic rings. The Morgan fingerprint density at radius 2 is 1.93 bits per heavy atom. The van der Waals surface area contributed by atoms with Crippen LogP contribution < -0.4 is 5.73 Å². The molecule has 3 nitrogen and oxygen atoms in total. The average molecular weight is 194 g/mol. The molecule has 0 radical (unpaired) electrons. The van der Waals surface area contributed by atoms with Crippen LogP contribution in [0.4, 0.5) is 0 Å². The smallest absolute Gasteiger partial charge is 0.234 e. The fourth-order valence-electron chi connectivity index (χ4n) is 3.43. The van der Waals surface area contributed by atoms with Crippen LogP contribution in [0.15, 0.2) is 4.99 Å². The number of hydrogen-bond acceptors (Lipinski definition) is 3. The van der Waals surface area contributed by atoms with Crippen molar-refractivity contribution in [3.8, 4) is 0 Å². The minimum atomic E-state index is 0.671. The number of nitrogens with two attached hydrogens (primary N) is 1. The zero-order chi connectivity index (χ0) is 9.97. The molecule has 0 aromatic heterocycles. The van der Waals surface area contributed by atoms with E-state index in [2.05, 4.69) is 4.99 Å². The summed E-state index contributed by atoms with van der Waals surface area (Å²) in [5, 5.41) is 0. The maximum Gasteiger partial charge on any atom is 0.234 e. The molecule has 3 heteroatoms. The second kappa shape index (κ2) is 4.24. The van der Waals surface area contributed by atoms with Crippen LogP contribution in [0.3, 0.4) is 0 Å². The van der Waals surface area contributed by atoms with Crippen molar-refractivity contribution >= 4 is 6.08 Å².